The van der Waals surface area contributed by atoms with E-state index in [4.69, 9.17) is 11.6 Å². The van der Waals surface area contributed by atoms with Gasteiger partial charge in [-0.2, -0.15) is 0 Å². The lowest BCUT2D eigenvalue weighted by Crippen LogP contribution is -1.88. The minimum Gasteiger partial charge on any atom is -0.258 e. The number of non-ortho nitro benzene ring substituents is 1. The van der Waals surface area contributed by atoms with Crippen molar-refractivity contribution in [1.29, 1.82) is 0 Å². The van der Waals surface area contributed by atoms with Crippen molar-refractivity contribution in [3.8, 4) is 0 Å². The highest BCUT2D eigenvalue weighted by Crippen LogP contribution is 2.23. The molecule has 3 nitrogen and oxygen atoms in total. The molecule has 0 N–H and O–H groups in total. The minimum atomic E-state index is -0.456. The second-order valence-electron chi connectivity index (χ2n) is 2.17. The number of nitro benzene ring substituents is 1. The fourth-order valence-electron chi connectivity index (χ4n) is 0.758. The number of hydrogen-bond donors (Lipinski definition) is 0. The highest BCUT2D eigenvalue weighted by Gasteiger charge is 2.07. The molecule has 0 aliphatic heterocycles. The number of rotatable bonds is 2. The van der Waals surface area contributed by atoms with E-state index in [9.17, 15) is 10.1 Å². The Labute approximate surface area is 88.0 Å². The summed E-state index contributed by atoms with van der Waals surface area (Å²) >= 11 is 7.92. The third-order valence-electron chi connectivity index (χ3n) is 1.39. The van der Waals surface area contributed by atoms with E-state index < -0.39 is 4.92 Å². The third kappa shape index (κ3) is 2.07. The quantitative estimate of drug-likeness (QED) is 0.364. The first-order valence-electron chi connectivity index (χ1n) is 3.14. The molecule has 0 atom stereocenters. The zero-order valence-corrected chi connectivity index (χ0v) is 8.87. The highest BCUT2D eigenvalue weighted by molar-refractivity contribution is 14.1. The molecule has 1 aromatic rings. The second-order valence-corrected chi connectivity index (χ2v) is 3.34. The van der Waals surface area contributed by atoms with Gasteiger partial charge in [0.15, 0.2) is 0 Å². The molecule has 0 fully saturated rings. The van der Waals surface area contributed by atoms with E-state index in [0.29, 0.717) is 5.02 Å². The van der Waals surface area contributed by atoms with Gasteiger partial charge < -0.3 is 0 Å². The third-order valence-corrected chi connectivity index (χ3v) is 2.57. The van der Waals surface area contributed by atoms with Crippen LogP contribution in [0.5, 0.6) is 0 Å². The lowest BCUT2D eigenvalue weighted by molar-refractivity contribution is -0.384. The summed E-state index contributed by atoms with van der Waals surface area (Å²) in [7, 11) is 0. The van der Waals surface area contributed by atoms with Crippen molar-refractivity contribution in [2.45, 2.75) is 4.43 Å². The van der Waals surface area contributed by atoms with E-state index in [2.05, 4.69) is 22.6 Å². The molecule has 5 heteroatoms. The number of alkyl halides is 1. The monoisotopic (exact) mass is 297 g/mol. The smallest absolute Gasteiger partial charge is 0.258 e. The maximum Gasteiger partial charge on any atom is 0.270 e. The molecule has 12 heavy (non-hydrogen) atoms. The zero-order valence-electron chi connectivity index (χ0n) is 5.96. The van der Waals surface area contributed by atoms with Crippen LogP contribution in [0.15, 0.2) is 18.2 Å². The van der Waals surface area contributed by atoms with Gasteiger partial charge >= 0.3 is 0 Å². The first-order valence-corrected chi connectivity index (χ1v) is 5.04. The number of benzene rings is 1. The summed E-state index contributed by atoms with van der Waals surface area (Å²) in [6.45, 7) is 0. The number of nitrogens with zero attached hydrogens (tertiary/aromatic N) is 1. The molecule has 0 spiro atoms. The van der Waals surface area contributed by atoms with Crippen LogP contribution in [-0.2, 0) is 4.43 Å². The van der Waals surface area contributed by atoms with Gasteiger partial charge in [-0.15, -0.1) is 0 Å². The maximum absolute atomic E-state index is 10.3. The summed E-state index contributed by atoms with van der Waals surface area (Å²) in [6, 6.07) is 4.50. The van der Waals surface area contributed by atoms with E-state index in [1.807, 2.05) is 0 Å². The van der Waals surface area contributed by atoms with Gasteiger partial charge in [-0.25, -0.2) is 0 Å². The normalized spacial score (nSPS) is 9.83. The Morgan fingerprint density at radius 1 is 1.58 bits per heavy atom. The van der Waals surface area contributed by atoms with Crippen LogP contribution in [0.3, 0.4) is 0 Å². The second kappa shape index (κ2) is 4.04. The van der Waals surface area contributed by atoms with Crippen LogP contribution in [0.25, 0.3) is 0 Å². The largest absolute Gasteiger partial charge is 0.270 e. The zero-order chi connectivity index (χ0) is 9.14. The van der Waals surface area contributed by atoms with Crippen molar-refractivity contribution in [3.63, 3.8) is 0 Å². The van der Waals surface area contributed by atoms with Crippen molar-refractivity contribution >= 4 is 39.9 Å². The Bertz CT molecular complexity index is 316. The summed E-state index contributed by atoms with van der Waals surface area (Å²) < 4.78 is 0.759. The van der Waals surface area contributed by atoms with Crippen LogP contribution in [-0.4, -0.2) is 4.92 Å². The van der Waals surface area contributed by atoms with Crippen molar-refractivity contribution in [2.24, 2.45) is 0 Å². The van der Waals surface area contributed by atoms with Crippen LogP contribution in [0.4, 0.5) is 5.69 Å². The van der Waals surface area contributed by atoms with Crippen molar-refractivity contribution in [2.75, 3.05) is 0 Å². The van der Waals surface area contributed by atoms with Crippen LogP contribution >= 0.6 is 34.2 Å². The summed E-state index contributed by atoms with van der Waals surface area (Å²) in [5.41, 5.74) is 0.955. The van der Waals surface area contributed by atoms with Gasteiger partial charge in [-0.1, -0.05) is 34.2 Å². The van der Waals surface area contributed by atoms with Gasteiger partial charge in [-0.3, -0.25) is 10.1 Å². The number of nitro groups is 1. The van der Waals surface area contributed by atoms with Gasteiger partial charge in [0.2, 0.25) is 0 Å². The molecule has 0 saturated carbocycles. The Kier molecular flexibility index (Phi) is 3.28. The standard InChI is InChI=1S/C7H5ClINO2/c8-7-3-6(10(11)12)2-1-5(7)4-9/h1-3H,4H2. The molecule has 0 aliphatic rings. The molecular formula is C7H5ClINO2. The van der Waals surface area contributed by atoms with Gasteiger partial charge in [0, 0.05) is 16.6 Å². The van der Waals surface area contributed by atoms with Gasteiger partial charge in [0.1, 0.15) is 0 Å². The van der Waals surface area contributed by atoms with Crippen molar-refractivity contribution in [1.82, 2.24) is 0 Å². The lowest BCUT2D eigenvalue weighted by Gasteiger charge is -1.98. The van der Waals surface area contributed by atoms with Crippen LogP contribution in [0, 0.1) is 10.1 Å². The van der Waals surface area contributed by atoms with E-state index in [0.717, 1.165) is 9.99 Å². The topological polar surface area (TPSA) is 43.1 Å². The van der Waals surface area contributed by atoms with E-state index in [1.165, 1.54) is 12.1 Å². The molecule has 0 aliphatic carbocycles. The van der Waals surface area contributed by atoms with Crippen LogP contribution in [0.2, 0.25) is 5.02 Å². The fraction of sp³-hybridized carbons (Fsp3) is 0.143. The Hall–Kier alpha value is -0.360. The molecule has 0 heterocycles. The lowest BCUT2D eigenvalue weighted by atomic mass is 10.2. The van der Waals surface area contributed by atoms with Gasteiger partial charge in [0.05, 0.1) is 9.95 Å². The number of halogens is 2. The van der Waals surface area contributed by atoms with Gasteiger partial charge in [-0.05, 0) is 11.6 Å². The minimum absolute atomic E-state index is 0.0357. The molecule has 0 amide bonds. The van der Waals surface area contributed by atoms with E-state index >= 15 is 0 Å². The average Bonchev–Trinajstić information content (AvgIpc) is 2.04. The molecule has 64 valence electrons. The molecule has 0 aromatic heterocycles. The molecule has 1 aromatic carbocycles. The van der Waals surface area contributed by atoms with Crippen LogP contribution in [0.1, 0.15) is 5.56 Å². The molecule has 0 saturated heterocycles. The predicted molar refractivity (Wildman–Crippen MR) is 55.8 cm³/mol. The summed E-state index contributed by atoms with van der Waals surface area (Å²) in [5.74, 6) is 0. The molecule has 1 rings (SSSR count). The summed E-state index contributed by atoms with van der Waals surface area (Å²) in [5, 5.41) is 10.8. The highest BCUT2D eigenvalue weighted by atomic mass is 127. The molecule has 0 unspecified atom stereocenters. The maximum atomic E-state index is 10.3. The van der Waals surface area contributed by atoms with E-state index in [1.54, 1.807) is 6.07 Å². The first-order chi connectivity index (χ1) is 5.65. The average molecular weight is 297 g/mol. The molecule has 0 bridgehead atoms. The predicted octanol–water partition coefficient (Wildman–Crippen LogP) is 3.18. The Morgan fingerprint density at radius 2 is 2.25 bits per heavy atom. The Balaban J connectivity index is 3.10. The van der Waals surface area contributed by atoms with Gasteiger partial charge in [0.25, 0.3) is 5.69 Å². The fourth-order valence-corrected chi connectivity index (χ4v) is 1.89. The van der Waals surface area contributed by atoms with E-state index in [-0.39, 0.29) is 5.69 Å². The van der Waals surface area contributed by atoms with Crippen molar-refractivity contribution in [3.05, 3.63) is 38.9 Å². The van der Waals surface area contributed by atoms with Crippen molar-refractivity contribution < 1.29 is 4.92 Å². The summed E-state index contributed by atoms with van der Waals surface area (Å²) in [6.07, 6.45) is 0. The molecule has 0 radical (unpaired) electrons. The SMILES string of the molecule is O=[N+]([O-])c1ccc(CI)c(Cl)c1. The Morgan fingerprint density at radius 3 is 2.67 bits per heavy atom. The first kappa shape index (κ1) is 9.73. The number of hydrogen-bond acceptors (Lipinski definition) is 2. The van der Waals surface area contributed by atoms with Crippen LogP contribution < -0.4 is 0 Å². The summed E-state index contributed by atoms with van der Waals surface area (Å²) in [4.78, 5) is 9.84. The molecular weight excluding hydrogens is 292 g/mol.